The second-order valence-electron chi connectivity index (χ2n) is 6.48. The minimum atomic E-state index is -0.180. The van der Waals surface area contributed by atoms with Gasteiger partial charge in [-0.1, -0.05) is 43.3 Å². The lowest BCUT2D eigenvalue weighted by Crippen LogP contribution is -2.34. The van der Waals surface area contributed by atoms with Gasteiger partial charge in [0.15, 0.2) is 0 Å². The lowest BCUT2D eigenvalue weighted by Gasteiger charge is -2.14. The number of carbonyl (C=O) groups is 1. The third-order valence-electron chi connectivity index (χ3n) is 4.41. The Kier molecular flexibility index (Phi) is 5.92. The Morgan fingerprint density at radius 1 is 1.00 bits per heavy atom. The maximum Gasteiger partial charge on any atom is 0.315 e. The van der Waals surface area contributed by atoms with Crippen LogP contribution in [0.1, 0.15) is 23.6 Å². The Labute approximate surface area is 154 Å². The minimum absolute atomic E-state index is 0.180. The van der Waals surface area contributed by atoms with Gasteiger partial charge in [-0.2, -0.15) is 0 Å². The number of urea groups is 1. The molecule has 0 fully saturated rings. The van der Waals surface area contributed by atoms with E-state index >= 15 is 0 Å². The topological polar surface area (TPSA) is 57.5 Å². The Bertz CT molecular complexity index is 872. The molecule has 0 bridgehead atoms. The van der Waals surface area contributed by atoms with Gasteiger partial charge >= 0.3 is 6.03 Å². The predicted octanol–water partition coefficient (Wildman–Crippen LogP) is 3.88. The quantitative estimate of drug-likeness (QED) is 0.679. The third kappa shape index (κ3) is 4.86. The average molecular weight is 351 g/mol. The van der Waals surface area contributed by atoms with Gasteiger partial charge in [0.25, 0.3) is 0 Å². The molecular formula is C21H25N3O2. The van der Waals surface area contributed by atoms with E-state index in [4.69, 9.17) is 4.42 Å². The fraction of sp³-hybridized carbons (Fsp3) is 0.286. The first kappa shape index (κ1) is 18.0. The van der Waals surface area contributed by atoms with Crippen molar-refractivity contribution < 1.29 is 9.21 Å². The second-order valence-corrected chi connectivity index (χ2v) is 6.48. The standard InChI is InChI=1S/C21H25N3O2/c1-3-24(2)15-18-6-4-5-16(11-18)13-22-21(25)23-14-17-7-8-19-9-10-26-20(19)12-17/h4-12H,3,13-15H2,1-2H3,(H2,22,23,25). The summed E-state index contributed by atoms with van der Waals surface area (Å²) in [5.41, 5.74) is 4.19. The van der Waals surface area contributed by atoms with Gasteiger partial charge < -0.3 is 20.0 Å². The summed E-state index contributed by atoms with van der Waals surface area (Å²) in [4.78, 5) is 14.3. The van der Waals surface area contributed by atoms with Gasteiger partial charge in [-0.25, -0.2) is 4.79 Å². The summed E-state index contributed by atoms with van der Waals surface area (Å²) in [6.07, 6.45) is 1.67. The Balaban J connectivity index is 1.48. The maximum absolute atomic E-state index is 12.1. The zero-order chi connectivity index (χ0) is 18.4. The maximum atomic E-state index is 12.1. The molecule has 2 aromatic carbocycles. The first-order valence-corrected chi connectivity index (χ1v) is 8.88. The monoisotopic (exact) mass is 351 g/mol. The summed E-state index contributed by atoms with van der Waals surface area (Å²) in [6.45, 7) is 5.02. The Hall–Kier alpha value is -2.79. The zero-order valence-corrected chi connectivity index (χ0v) is 15.3. The van der Waals surface area contributed by atoms with Crippen molar-refractivity contribution in [3.8, 4) is 0 Å². The summed E-state index contributed by atoms with van der Waals surface area (Å²) >= 11 is 0. The van der Waals surface area contributed by atoms with Gasteiger partial charge in [0.05, 0.1) is 6.26 Å². The van der Waals surface area contributed by atoms with E-state index in [9.17, 15) is 4.79 Å². The molecule has 0 unspecified atom stereocenters. The Morgan fingerprint density at radius 3 is 2.50 bits per heavy atom. The van der Waals surface area contributed by atoms with E-state index in [1.54, 1.807) is 6.26 Å². The summed E-state index contributed by atoms with van der Waals surface area (Å²) in [6, 6.07) is 16.0. The predicted molar refractivity (Wildman–Crippen MR) is 104 cm³/mol. The molecule has 0 aliphatic rings. The van der Waals surface area contributed by atoms with E-state index in [2.05, 4.69) is 41.6 Å². The van der Waals surface area contributed by atoms with Crippen molar-refractivity contribution in [2.24, 2.45) is 0 Å². The number of amides is 2. The van der Waals surface area contributed by atoms with Crippen molar-refractivity contribution in [2.75, 3.05) is 13.6 Å². The lowest BCUT2D eigenvalue weighted by atomic mass is 10.1. The molecule has 5 nitrogen and oxygen atoms in total. The molecule has 0 aliphatic carbocycles. The van der Waals surface area contributed by atoms with E-state index in [0.717, 1.165) is 35.2 Å². The number of hydrogen-bond donors (Lipinski definition) is 2. The van der Waals surface area contributed by atoms with Crippen molar-refractivity contribution in [2.45, 2.75) is 26.6 Å². The average Bonchev–Trinajstić information content (AvgIpc) is 3.12. The summed E-state index contributed by atoms with van der Waals surface area (Å²) < 4.78 is 5.39. The molecule has 0 radical (unpaired) electrons. The molecule has 3 aromatic rings. The van der Waals surface area contributed by atoms with E-state index < -0.39 is 0 Å². The minimum Gasteiger partial charge on any atom is -0.464 e. The van der Waals surface area contributed by atoms with Crippen LogP contribution in [0.4, 0.5) is 4.79 Å². The van der Waals surface area contributed by atoms with Crippen molar-refractivity contribution in [1.82, 2.24) is 15.5 Å². The highest BCUT2D eigenvalue weighted by atomic mass is 16.3. The molecule has 0 aliphatic heterocycles. The molecule has 5 heteroatoms. The smallest absolute Gasteiger partial charge is 0.315 e. The normalized spacial score (nSPS) is 11.0. The van der Waals surface area contributed by atoms with Crippen LogP contribution in [-0.4, -0.2) is 24.5 Å². The number of carbonyl (C=O) groups excluding carboxylic acids is 1. The molecule has 2 N–H and O–H groups in total. The highest BCUT2D eigenvalue weighted by Gasteiger charge is 2.04. The van der Waals surface area contributed by atoms with Crippen LogP contribution in [0.5, 0.6) is 0 Å². The Morgan fingerprint density at radius 2 is 1.73 bits per heavy atom. The first-order chi connectivity index (χ1) is 12.6. The second kappa shape index (κ2) is 8.54. The highest BCUT2D eigenvalue weighted by Crippen LogP contribution is 2.16. The largest absolute Gasteiger partial charge is 0.464 e. The summed E-state index contributed by atoms with van der Waals surface area (Å²) in [7, 11) is 2.10. The van der Waals surface area contributed by atoms with Gasteiger partial charge in [0, 0.05) is 25.0 Å². The molecule has 136 valence electrons. The molecule has 0 atom stereocenters. The van der Waals surface area contributed by atoms with Gasteiger partial charge in [0.2, 0.25) is 0 Å². The lowest BCUT2D eigenvalue weighted by molar-refractivity contribution is 0.240. The number of fused-ring (bicyclic) bond motifs is 1. The molecule has 26 heavy (non-hydrogen) atoms. The molecular weight excluding hydrogens is 326 g/mol. The fourth-order valence-corrected chi connectivity index (χ4v) is 2.80. The van der Waals surface area contributed by atoms with E-state index in [1.165, 1.54) is 5.56 Å². The fourth-order valence-electron chi connectivity index (χ4n) is 2.80. The van der Waals surface area contributed by atoms with Crippen molar-refractivity contribution in [1.29, 1.82) is 0 Å². The number of nitrogens with zero attached hydrogens (tertiary/aromatic N) is 1. The number of benzene rings is 2. The number of hydrogen-bond acceptors (Lipinski definition) is 3. The van der Waals surface area contributed by atoms with Crippen molar-refractivity contribution in [3.63, 3.8) is 0 Å². The van der Waals surface area contributed by atoms with Crippen LogP contribution in [0, 0.1) is 0 Å². The zero-order valence-electron chi connectivity index (χ0n) is 15.3. The summed E-state index contributed by atoms with van der Waals surface area (Å²) in [5.74, 6) is 0. The van der Waals surface area contributed by atoms with Crippen molar-refractivity contribution >= 4 is 17.0 Å². The molecule has 0 saturated carbocycles. The van der Waals surface area contributed by atoms with Crippen LogP contribution >= 0.6 is 0 Å². The van der Waals surface area contributed by atoms with Gasteiger partial charge in [0.1, 0.15) is 5.58 Å². The number of nitrogens with one attached hydrogen (secondary N) is 2. The van der Waals surface area contributed by atoms with Crippen LogP contribution in [0.2, 0.25) is 0 Å². The van der Waals surface area contributed by atoms with Gasteiger partial charge in [-0.3, -0.25) is 0 Å². The van der Waals surface area contributed by atoms with Gasteiger partial charge in [-0.15, -0.1) is 0 Å². The van der Waals surface area contributed by atoms with Crippen LogP contribution in [0.15, 0.2) is 59.2 Å². The number of rotatable bonds is 7. The van der Waals surface area contributed by atoms with E-state index in [0.29, 0.717) is 13.1 Å². The van der Waals surface area contributed by atoms with Crippen molar-refractivity contribution in [3.05, 3.63) is 71.5 Å². The molecule has 0 spiro atoms. The first-order valence-electron chi connectivity index (χ1n) is 8.88. The molecule has 1 aromatic heterocycles. The van der Waals surface area contributed by atoms with Gasteiger partial charge in [-0.05, 0) is 42.4 Å². The summed E-state index contributed by atoms with van der Waals surface area (Å²) in [5, 5.41) is 6.85. The van der Waals surface area contributed by atoms with Crippen LogP contribution in [-0.2, 0) is 19.6 Å². The van der Waals surface area contributed by atoms with Crippen LogP contribution < -0.4 is 10.6 Å². The highest BCUT2D eigenvalue weighted by molar-refractivity contribution is 5.78. The van der Waals surface area contributed by atoms with Crippen LogP contribution in [0.3, 0.4) is 0 Å². The molecule has 2 amide bonds. The number of furan rings is 1. The van der Waals surface area contributed by atoms with E-state index in [1.807, 2.05) is 36.4 Å². The van der Waals surface area contributed by atoms with Crippen LogP contribution in [0.25, 0.3) is 11.0 Å². The third-order valence-corrected chi connectivity index (χ3v) is 4.41. The molecule has 1 heterocycles. The molecule has 0 saturated heterocycles. The SMILES string of the molecule is CCN(C)Cc1cccc(CNC(=O)NCc2ccc3ccoc3c2)c1. The van der Waals surface area contributed by atoms with E-state index in [-0.39, 0.29) is 6.03 Å². The molecule has 3 rings (SSSR count).